The zero-order valence-electron chi connectivity index (χ0n) is 11.0. The summed E-state index contributed by atoms with van der Waals surface area (Å²) in [5, 5.41) is 8.88. The molecule has 0 radical (unpaired) electrons. The summed E-state index contributed by atoms with van der Waals surface area (Å²) in [4.78, 5) is 30.7. The van der Waals surface area contributed by atoms with E-state index in [-0.39, 0.29) is 17.6 Å². The number of nitrogens with zero attached hydrogens (tertiary/aromatic N) is 3. The Labute approximate surface area is 111 Å². The second kappa shape index (κ2) is 5.36. The number of carboxylic acid groups (broad SMARTS) is 1. The van der Waals surface area contributed by atoms with Crippen LogP contribution in [0.4, 0.5) is 0 Å². The van der Waals surface area contributed by atoms with Gasteiger partial charge in [0, 0.05) is 31.4 Å². The zero-order valence-corrected chi connectivity index (χ0v) is 11.0. The minimum absolute atomic E-state index is 0.109. The summed E-state index contributed by atoms with van der Waals surface area (Å²) in [6.07, 6.45) is 2.29. The Kier molecular flexibility index (Phi) is 3.80. The third-order valence-corrected chi connectivity index (χ3v) is 3.46. The molecule has 1 aromatic heterocycles. The molecule has 1 aliphatic rings. The molecular formula is C13H17N3O3. The third-order valence-electron chi connectivity index (χ3n) is 3.46. The molecule has 19 heavy (non-hydrogen) atoms. The molecule has 1 aliphatic heterocycles. The third kappa shape index (κ3) is 2.90. The topological polar surface area (TPSA) is 73.7 Å². The molecule has 0 saturated carbocycles. The van der Waals surface area contributed by atoms with Crippen LogP contribution in [0.5, 0.6) is 0 Å². The number of carboxylic acids is 1. The Bertz CT molecular complexity index is 504. The van der Waals surface area contributed by atoms with Gasteiger partial charge in [-0.05, 0) is 32.1 Å². The van der Waals surface area contributed by atoms with E-state index in [1.807, 2.05) is 7.05 Å². The highest BCUT2D eigenvalue weighted by Gasteiger charge is 2.27. The van der Waals surface area contributed by atoms with E-state index in [9.17, 15) is 9.59 Å². The van der Waals surface area contributed by atoms with Crippen LogP contribution in [0, 0.1) is 0 Å². The molecule has 1 saturated heterocycles. The average Bonchev–Trinajstić information content (AvgIpc) is 2.84. The maximum absolute atomic E-state index is 12.3. The first-order chi connectivity index (χ1) is 8.99. The van der Waals surface area contributed by atoms with Crippen molar-refractivity contribution in [3.8, 4) is 0 Å². The first-order valence-electron chi connectivity index (χ1n) is 6.14. The maximum atomic E-state index is 12.3. The van der Waals surface area contributed by atoms with Crippen LogP contribution < -0.4 is 0 Å². The van der Waals surface area contributed by atoms with Crippen LogP contribution in [0.15, 0.2) is 18.3 Å². The number of pyridine rings is 1. The second-order valence-corrected chi connectivity index (χ2v) is 4.86. The number of aromatic nitrogens is 1. The van der Waals surface area contributed by atoms with Gasteiger partial charge in [-0.3, -0.25) is 4.79 Å². The van der Waals surface area contributed by atoms with Crippen LogP contribution in [0.2, 0.25) is 0 Å². The lowest BCUT2D eigenvalue weighted by Gasteiger charge is -2.24. The highest BCUT2D eigenvalue weighted by molar-refractivity contribution is 5.96. The zero-order chi connectivity index (χ0) is 14.0. The van der Waals surface area contributed by atoms with E-state index in [2.05, 4.69) is 9.88 Å². The van der Waals surface area contributed by atoms with Gasteiger partial charge in [-0.2, -0.15) is 0 Å². The van der Waals surface area contributed by atoms with E-state index in [1.165, 1.54) is 12.3 Å². The molecule has 1 atom stereocenters. The summed E-state index contributed by atoms with van der Waals surface area (Å²) >= 11 is 0. The quantitative estimate of drug-likeness (QED) is 0.862. The first kappa shape index (κ1) is 13.5. The number of carbonyl (C=O) groups excluding carboxylic acids is 1. The highest BCUT2D eigenvalue weighted by Crippen LogP contribution is 2.15. The van der Waals surface area contributed by atoms with E-state index in [0.717, 1.165) is 19.5 Å². The van der Waals surface area contributed by atoms with Crippen molar-refractivity contribution in [1.29, 1.82) is 0 Å². The Balaban J connectivity index is 2.15. The monoisotopic (exact) mass is 263 g/mol. The summed E-state index contributed by atoms with van der Waals surface area (Å²) in [6.45, 7) is 1.82. The number of carbonyl (C=O) groups is 2. The van der Waals surface area contributed by atoms with Crippen molar-refractivity contribution in [2.45, 2.75) is 12.5 Å². The normalized spacial score (nSPS) is 19.4. The Morgan fingerprint density at radius 1 is 1.53 bits per heavy atom. The minimum Gasteiger partial charge on any atom is -0.477 e. The lowest BCUT2D eigenvalue weighted by Crippen LogP contribution is -2.38. The molecule has 6 nitrogen and oxygen atoms in total. The smallest absolute Gasteiger partial charge is 0.354 e. The van der Waals surface area contributed by atoms with Crippen LogP contribution in [-0.2, 0) is 0 Å². The van der Waals surface area contributed by atoms with E-state index in [1.54, 1.807) is 18.0 Å². The average molecular weight is 263 g/mol. The summed E-state index contributed by atoms with van der Waals surface area (Å²) in [7, 11) is 3.78. The highest BCUT2D eigenvalue weighted by atomic mass is 16.4. The molecule has 6 heteroatoms. The summed E-state index contributed by atoms with van der Waals surface area (Å²) in [5.41, 5.74) is 0.257. The van der Waals surface area contributed by atoms with E-state index in [4.69, 9.17) is 5.11 Å². The number of hydrogen-bond donors (Lipinski definition) is 1. The van der Waals surface area contributed by atoms with E-state index in [0.29, 0.717) is 5.56 Å². The fourth-order valence-electron chi connectivity index (χ4n) is 2.28. The van der Waals surface area contributed by atoms with Gasteiger partial charge in [0.25, 0.3) is 5.91 Å². The molecule has 2 rings (SSSR count). The molecule has 102 valence electrons. The standard InChI is InChI=1S/C13H17N3O3/c1-15-6-4-10(8-15)16(2)12(17)9-3-5-14-11(7-9)13(18)19/h3,5,7,10H,4,6,8H2,1-2H3,(H,18,19). The lowest BCUT2D eigenvalue weighted by molar-refractivity contribution is 0.0690. The molecule has 2 heterocycles. The van der Waals surface area contributed by atoms with Crippen molar-refractivity contribution in [3.63, 3.8) is 0 Å². The summed E-state index contributed by atoms with van der Waals surface area (Å²) in [5.74, 6) is -1.29. The maximum Gasteiger partial charge on any atom is 0.354 e. The van der Waals surface area contributed by atoms with Crippen molar-refractivity contribution in [2.24, 2.45) is 0 Å². The van der Waals surface area contributed by atoms with Crippen LogP contribution in [-0.4, -0.2) is 65.0 Å². The number of aromatic carboxylic acids is 1. The molecule has 0 spiro atoms. The summed E-state index contributed by atoms with van der Waals surface area (Å²) in [6, 6.07) is 3.04. The first-order valence-corrected chi connectivity index (χ1v) is 6.14. The molecule has 1 aromatic rings. The van der Waals surface area contributed by atoms with Gasteiger partial charge in [-0.1, -0.05) is 0 Å². The van der Waals surface area contributed by atoms with Gasteiger partial charge < -0.3 is 14.9 Å². The molecule has 0 bridgehead atoms. The molecule has 1 fully saturated rings. The van der Waals surface area contributed by atoms with Crippen LogP contribution in [0.3, 0.4) is 0 Å². The Hall–Kier alpha value is -1.95. The number of likely N-dealkylation sites (tertiary alicyclic amines) is 1. The predicted octanol–water partition coefficient (Wildman–Crippen LogP) is 0.556. The number of amides is 1. The fourth-order valence-corrected chi connectivity index (χ4v) is 2.28. The number of rotatable bonds is 3. The van der Waals surface area contributed by atoms with Crippen molar-refractivity contribution in [2.75, 3.05) is 27.2 Å². The number of hydrogen-bond acceptors (Lipinski definition) is 4. The van der Waals surface area contributed by atoms with Gasteiger partial charge in [0.1, 0.15) is 5.69 Å². The van der Waals surface area contributed by atoms with Crippen molar-refractivity contribution in [1.82, 2.24) is 14.8 Å². The molecule has 1 unspecified atom stereocenters. The molecule has 0 aliphatic carbocycles. The van der Waals surface area contributed by atoms with Crippen LogP contribution in [0.1, 0.15) is 27.3 Å². The van der Waals surface area contributed by atoms with E-state index >= 15 is 0 Å². The van der Waals surface area contributed by atoms with Gasteiger partial charge in [0.05, 0.1) is 0 Å². The fraction of sp³-hybridized carbons (Fsp3) is 0.462. The summed E-state index contributed by atoms with van der Waals surface area (Å²) < 4.78 is 0. The van der Waals surface area contributed by atoms with Crippen LogP contribution >= 0.6 is 0 Å². The molecular weight excluding hydrogens is 246 g/mol. The molecule has 1 N–H and O–H groups in total. The van der Waals surface area contributed by atoms with Gasteiger partial charge in [0.15, 0.2) is 0 Å². The van der Waals surface area contributed by atoms with Gasteiger partial charge >= 0.3 is 5.97 Å². The Morgan fingerprint density at radius 3 is 2.84 bits per heavy atom. The van der Waals surface area contributed by atoms with E-state index < -0.39 is 5.97 Å². The number of likely N-dealkylation sites (N-methyl/N-ethyl adjacent to an activating group) is 2. The van der Waals surface area contributed by atoms with Crippen LogP contribution in [0.25, 0.3) is 0 Å². The van der Waals surface area contributed by atoms with Crippen molar-refractivity contribution >= 4 is 11.9 Å². The van der Waals surface area contributed by atoms with Gasteiger partial charge in [-0.15, -0.1) is 0 Å². The lowest BCUT2D eigenvalue weighted by atomic mass is 10.1. The van der Waals surface area contributed by atoms with Crippen molar-refractivity contribution in [3.05, 3.63) is 29.6 Å². The van der Waals surface area contributed by atoms with Gasteiger partial charge in [0.2, 0.25) is 0 Å². The molecule has 1 amide bonds. The largest absolute Gasteiger partial charge is 0.477 e. The predicted molar refractivity (Wildman–Crippen MR) is 69.2 cm³/mol. The SMILES string of the molecule is CN1CCC(N(C)C(=O)c2ccnc(C(=O)O)c2)C1. The minimum atomic E-state index is -1.13. The molecule has 0 aromatic carbocycles. The Morgan fingerprint density at radius 2 is 2.26 bits per heavy atom. The second-order valence-electron chi connectivity index (χ2n) is 4.86. The van der Waals surface area contributed by atoms with Gasteiger partial charge in [-0.25, -0.2) is 9.78 Å². The van der Waals surface area contributed by atoms with Crippen molar-refractivity contribution < 1.29 is 14.7 Å².